The number of halogens is 2. The Labute approximate surface area is 120 Å². The Kier molecular flexibility index (Phi) is 3.49. The van der Waals surface area contributed by atoms with Crippen LogP contribution in [0.1, 0.15) is 30.9 Å². The molecule has 4 nitrogen and oxygen atoms in total. The first-order valence-corrected chi connectivity index (χ1v) is 7.05. The number of likely N-dealkylation sites (tertiary alicyclic amines) is 1. The Morgan fingerprint density at radius 2 is 1.81 bits per heavy atom. The molecule has 2 amide bonds. The van der Waals surface area contributed by atoms with E-state index in [1.807, 2.05) is 0 Å². The normalized spacial score (nSPS) is 26.3. The lowest BCUT2D eigenvalue weighted by atomic mass is 10.00. The lowest BCUT2D eigenvalue weighted by Gasteiger charge is -2.21. The first-order chi connectivity index (χ1) is 10.0. The largest absolute Gasteiger partial charge is 0.322 e. The monoisotopic (exact) mass is 294 g/mol. The van der Waals surface area contributed by atoms with Crippen LogP contribution in [0.3, 0.4) is 0 Å². The molecule has 2 fully saturated rings. The Morgan fingerprint density at radius 1 is 1.19 bits per heavy atom. The van der Waals surface area contributed by atoms with E-state index in [1.165, 1.54) is 12.1 Å². The summed E-state index contributed by atoms with van der Waals surface area (Å²) in [6.07, 6.45) is 2.32. The van der Waals surface area contributed by atoms with Crippen molar-refractivity contribution in [3.8, 4) is 0 Å². The first kappa shape index (κ1) is 14.1. The molecule has 112 valence electrons. The van der Waals surface area contributed by atoms with E-state index in [4.69, 9.17) is 5.73 Å². The van der Waals surface area contributed by atoms with Crippen LogP contribution in [0, 0.1) is 23.5 Å². The van der Waals surface area contributed by atoms with Crippen LogP contribution in [0.15, 0.2) is 18.2 Å². The second-order valence-corrected chi connectivity index (χ2v) is 5.68. The molecule has 3 rings (SSSR count). The van der Waals surface area contributed by atoms with Gasteiger partial charge in [0, 0.05) is 12.1 Å². The molecule has 1 heterocycles. The number of amides is 2. The van der Waals surface area contributed by atoms with Crippen LogP contribution in [0.5, 0.6) is 0 Å². The van der Waals surface area contributed by atoms with Crippen molar-refractivity contribution in [1.82, 2.24) is 4.90 Å². The molecule has 1 saturated heterocycles. The van der Waals surface area contributed by atoms with Gasteiger partial charge in [0.2, 0.25) is 11.8 Å². The topological polar surface area (TPSA) is 63.4 Å². The van der Waals surface area contributed by atoms with Crippen LogP contribution in [0.4, 0.5) is 8.78 Å². The number of benzene rings is 1. The zero-order valence-electron chi connectivity index (χ0n) is 11.4. The molecule has 0 spiro atoms. The van der Waals surface area contributed by atoms with Crippen molar-refractivity contribution in [3.05, 3.63) is 35.4 Å². The molecular formula is C15H16F2N2O2. The predicted molar refractivity (Wildman–Crippen MR) is 70.8 cm³/mol. The highest BCUT2D eigenvalue weighted by Gasteiger charge is 2.49. The van der Waals surface area contributed by atoms with E-state index in [2.05, 4.69) is 0 Å². The van der Waals surface area contributed by atoms with Gasteiger partial charge >= 0.3 is 0 Å². The van der Waals surface area contributed by atoms with Gasteiger partial charge in [-0.05, 0) is 18.9 Å². The Hall–Kier alpha value is -1.82. The summed E-state index contributed by atoms with van der Waals surface area (Å²) in [7, 11) is 0. The summed E-state index contributed by atoms with van der Waals surface area (Å²) in [4.78, 5) is 25.5. The molecule has 0 radical (unpaired) electrons. The molecule has 1 aliphatic heterocycles. The van der Waals surface area contributed by atoms with Gasteiger partial charge in [-0.1, -0.05) is 18.6 Å². The summed E-state index contributed by atoms with van der Waals surface area (Å²) in [6.45, 7) is -0.106. The van der Waals surface area contributed by atoms with Gasteiger partial charge < -0.3 is 5.73 Å². The minimum Gasteiger partial charge on any atom is -0.322 e. The summed E-state index contributed by atoms with van der Waals surface area (Å²) in [5.41, 5.74) is 5.85. The third-order valence-corrected chi connectivity index (χ3v) is 4.44. The van der Waals surface area contributed by atoms with Crippen molar-refractivity contribution < 1.29 is 18.4 Å². The van der Waals surface area contributed by atoms with E-state index >= 15 is 0 Å². The molecule has 3 unspecified atom stereocenters. The Bertz CT molecular complexity index is 583. The van der Waals surface area contributed by atoms with Crippen molar-refractivity contribution in [3.63, 3.8) is 0 Å². The van der Waals surface area contributed by atoms with Crippen LogP contribution in [0.25, 0.3) is 0 Å². The van der Waals surface area contributed by atoms with E-state index in [9.17, 15) is 18.4 Å². The number of imide groups is 1. The maximum absolute atomic E-state index is 13.7. The van der Waals surface area contributed by atoms with Gasteiger partial charge in [-0.25, -0.2) is 8.78 Å². The lowest BCUT2D eigenvalue weighted by Crippen LogP contribution is -2.38. The van der Waals surface area contributed by atoms with Crippen LogP contribution < -0.4 is 5.73 Å². The van der Waals surface area contributed by atoms with Crippen LogP contribution >= 0.6 is 0 Å². The number of hydrogen-bond donors (Lipinski definition) is 1. The molecule has 0 bridgehead atoms. The van der Waals surface area contributed by atoms with Crippen molar-refractivity contribution in [1.29, 1.82) is 0 Å². The van der Waals surface area contributed by atoms with Crippen LogP contribution in [-0.4, -0.2) is 23.3 Å². The fraction of sp³-hybridized carbons (Fsp3) is 0.467. The third-order valence-electron chi connectivity index (χ3n) is 4.44. The molecule has 1 saturated carbocycles. The van der Waals surface area contributed by atoms with E-state index in [-0.39, 0.29) is 35.8 Å². The molecule has 3 atom stereocenters. The van der Waals surface area contributed by atoms with Crippen LogP contribution in [-0.2, 0) is 9.59 Å². The summed E-state index contributed by atoms with van der Waals surface area (Å²) >= 11 is 0. The molecule has 1 aliphatic carbocycles. The minimum absolute atomic E-state index is 0.0207. The van der Waals surface area contributed by atoms with Crippen molar-refractivity contribution in [2.45, 2.75) is 25.3 Å². The summed E-state index contributed by atoms with van der Waals surface area (Å²) in [6, 6.07) is 2.81. The van der Waals surface area contributed by atoms with Crippen molar-refractivity contribution in [2.75, 3.05) is 6.54 Å². The second kappa shape index (κ2) is 5.18. The number of nitrogens with two attached hydrogens (primary N) is 1. The molecule has 21 heavy (non-hydrogen) atoms. The molecule has 0 aromatic heterocycles. The highest BCUT2D eigenvalue weighted by molar-refractivity contribution is 6.05. The number of carbonyl (C=O) groups excluding carboxylic acids is 2. The zero-order valence-corrected chi connectivity index (χ0v) is 11.4. The lowest BCUT2D eigenvalue weighted by molar-refractivity contribution is -0.140. The number of carbonyl (C=O) groups is 2. The molecule has 6 heteroatoms. The fourth-order valence-electron chi connectivity index (χ4n) is 3.34. The number of fused-ring (bicyclic) bond motifs is 1. The van der Waals surface area contributed by atoms with E-state index in [0.717, 1.165) is 30.2 Å². The van der Waals surface area contributed by atoms with E-state index in [1.54, 1.807) is 0 Å². The maximum atomic E-state index is 13.7. The van der Waals surface area contributed by atoms with Crippen molar-refractivity contribution >= 4 is 11.8 Å². The summed E-state index contributed by atoms with van der Waals surface area (Å²) in [5, 5.41) is 0. The number of hydrogen-bond acceptors (Lipinski definition) is 3. The zero-order chi connectivity index (χ0) is 15.1. The number of rotatable bonds is 3. The number of nitrogens with zero attached hydrogens (tertiary/aromatic N) is 1. The van der Waals surface area contributed by atoms with Crippen molar-refractivity contribution in [2.24, 2.45) is 17.6 Å². The minimum atomic E-state index is -1.02. The Balaban J connectivity index is 1.79. The molecule has 2 aliphatic rings. The third kappa shape index (κ3) is 2.23. The average Bonchev–Trinajstić information content (AvgIpc) is 3.02. The highest BCUT2D eigenvalue weighted by atomic mass is 19.2. The van der Waals surface area contributed by atoms with Gasteiger partial charge in [-0.15, -0.1) is 0 Å². The predicted octanol–water partition coefficient (Wildman–Crippen LogP) is 1.75. The standard InChI is InChI=1S/C15H16F2N2O2/c16-11-6-2-5-10(13(11)17)12(18)7-19-14(20)8-3-1-4-9(8)15(19)21/h2,5-6,8-9,12H,1,3-4,7,18H2. The van der Waals surface area contributed by atoms with Gasteiger partial charge in [-0.2, -0.15) is 0 Å². The SMILES string of the molecule is NC(CN1C(=O)C2CCCC2C1=O)c1cccc(F)c1F. The van der Waals surface area contributed by atoms with Gasteiger partial charge in [0.15, 0.2) is 11.6 Å². The first-order valence-electron chi connectivity index (χ1n) is 7.05. The highest BCUT2D eigenvalue weighted by Crippen LogP contribution is 2.40. The smallest absolute Gasteiger partial charge is 0.233 e. The second-order valence-electron chi connectivity index (χ2n) is 5.68. The molecule has 2 N–H and O–H groups in total. The van der Waals surface area contributed by atoms with E-state index in [0.29, 0.717) is 0 Å². The van der Waals surface area contributed by atoms with E-state index < -0.39 is 17.7 Å². The molecule has 1 aromatic rings. The van der Waals surface area contributed by atoms with Crippen LogP contribution in [0.2, 0.25) is 0 Å². The maximum Gasteiger partial charge on any atom is 0.233 e. The summed E-state index contributed by atoms with van der Waals surface area (Å²) in [5.74, 6) is -2.96. The van der Waals surface area contributed by atoms with Gasteiger partial charge in [0.05, 0.1) is 17.9 Å². The molecular weight excluding hydrogens is 278 g/mol. The quantitative estimate of drug-likeness (QED) is 0.864. The van der Waals surface area contributed by atoms with Gasteiger partial charge in [-0.3, -0.25) is 14.5 Å². The average molecular weight is 294 g/mol. The Morgan fingerprint density at radius 3 is 2.43 bits per heavy atom. The summed E-state index contributed by atoms with van der Waals surface area (Å²) < 4.78 is 26.9. The van der Waals surface area contributed by atoms with Gasteiger partial charge in [0.25, 0.3) is 0 Å². The fourth-order valence-corrected chi connectivity index (χ4v) is 3.34. The molecule has 1 aromatic carbocycles. The van der Waals surface area contributed by atoms with Gasteiger partial charge in [0.1, 0.15) is 0 Å².